The maximum Gasteiger partial charge on any atom is 0.416 e. The van der Waals surface area contributed by atoms with E-state index in [9.17, 15) is 27.2 Å². The third kappa shape index (κ3) is 5.37. The van der Waals surface area contributed by atoms with Gasteiger partial charge in [-0.25, -0.2) is 9.18 Å². The highest BCUT2D eigenvalue weighted by atomic mass is 19.4. The minimum atomic E-state index is -4.45. The summed E-state index contributed by atoms with van der Waals surface area (Å²) in [5, 5.41) is 4.93. The summed E-state index contributed by atoms with van der Waals surface area (Å²) in [7, 11) is 0. The maximum absolute atomic E-state index is 13.4. The van der Waals surface area contributed by atoms with Gasteiger partial charge in [-0.3, -0.25) is 4.79 Å². The Morgan fingerprint density at radius 3 is 2.55 bits per heavy atom. The van der Waals surface area contributed by atoms with Gasteiger partial charge in [0.25, 0.3) is 5.91 Å². The Bertz CT molecular complexity index is 901. The molecule has 10 heteroatoms. The lowest BCUT2D eigenvalue weighted by atomic mass is 10.2. The fraction of sp³-hybridized carbons (Fsp3) is 0.263. The number of rotatable bonds is 4. The predicted octanol–water partition coefficient (Wildman–Crippen LogP) is 3.39. The van der Waals surface area contributed by atoms with Crippen molar-refractivity contribution in [2.45, 2.75) is 12.7 Å². The summed E-state index contributed by atoms with van der Waals surface area (Å²) in [4.78, 5) is 25.5. The lowest BCUT2D eigenvalue weighted by molar-refractivity contribution is -0.137. The summed E-state index contributed by atoms with van der Waals surface area (Å²) >= 11 is 0. The van der Waals surface area contributed by atoms with Gasteiger partial charge in [0.1, 0.15) is 11.6 Å². The van der Waals surface area contributed by atoms with E-state index in [1.165, 1.54) is 23.1 Å². The first-order chi connectivity index (χ1) is 13.7. The van der Waals surface area contributed by atoms with E-state index in [0.29, 0.717) is 11.3 Å². The number of hydrogen-bond donors (Lipinski definition) is 2. The van der Waals surface area contributed by atoms with E-state index in [-0.39, 0.29) is 37.8 Å². The molecule has 2 aromatic rings. The first-order valence-electron chi connectivity index (χ1n) is 8.63. The molecule has 3 rings (SSSR count). The molecule has 1 aliphatic rings. The second-order valence-electron chi connectivity index (χ2n) is 6.31. The smallest absolute Gasteiger partial charge is 0.416 e. The van der Waals surface area contributed by atoms with Crippen molar-refractivity contribution in [1.82, 2.24) is 10.2 Å². The summed E-state index contributed by atoms with van der Waals surface area (Å²) < 4.78 is 56.4. The summed E-state index contributed by atoms with van der Waals surface area (Å²) in [6.07, 6.45) is -4.45. The number of nitrogens with one attached hydrogen (secondary N) is 2. The van der Waals surface area contributed by atoms with Gasteiger partial charge in [-0.2, -0.15) is 13.2 Å². The van der Waals surface area contributed by atoms with Gasteiger partial charge in [-0.1, -0.05) is 0 Å². The molecule has 2 N–H and O–H groups in total. The molecule has 0 radical (unpaired) electrons. The fourth-order valence-corrected chi connectivity index (χ4v) is 2.76. The highest BCUT2D eigenvalue weighted by molar-refractivity contribution is 5.89. The molecule has 0 aromatic heterocycles. The number of benzene rings is 2. The third-order valence-electron chi connectivity index (χ3n) is 4.22. The first-order valence-corrected chi connectivity index (χ1v) is 8.63. The lowest BCUT2D eigenvalue weighted by Gasteiger charge is -2.20. The largest absolute Gasteiger partial charge is 0.483 e. The van der Waals surface area contributed by atoms with Crippen LogP contribution < -0.4 is 15.4 Å². The number of urea groups is 1. The number of carbonyl (C=O) groups is 2. The number of fused-ring (bicyclic) bond motifs is 1. The van der Waals surface area contributed by atoms with Crippen molar-refractivity contribution in [3.63, 3.8) is 0 Å². The standard InChI is InChI=1S/C19H17F4N3O3/c20-14-3-6-16-12(9-14)10-26(17(27)11-29-16)8-7-24-18(28)25-15-4-1-13(2-5-15)19(21,22)23/h1-6,9H,7-8,10-11H2,(H2,24,25,28). The quantitative estimate of drug-likeness (QED) is 0.758. The number of carbonyl (C=O) groups excluding carboxylic acids is 2. The normalized spacial score (nSPS) is 13.9. The van der Waals surface area contributed by atoms with Gasteiger partial charge in [0, 0.05) is 30.9 Å². The van der Waals surface area contributed by atoms with E-state index in [0.717, 1.165) is 24.3 Å². The number of anilines is 1. The highest BCUT2D eigenvalue weighted by Crippen LogP contribution is 2.29. The summed E-state index contributed by atoms with van der Waals surface area (Å²) in [5.74, 6) is -0.336. The van der Waals surface area contributed by atoms with Gasteiger partial charge in [-0.15, -0.1) is 0 Å². The first kappa shape index (κ1) is 20.4. The zero-order chi connectivity index (χ0) is 21.0. The van der Waals surface area contributed by atoms with Crippen LogP contribution >= 0.6 is 0 Å². The van der Waals surface area contributed by atoms with E-state index in [4.69, 9.17) is 4.74 Å². The monoisotopic (exact) mass is 411 g/mol. The van der Waals surface area contributed by atoms with E-state index < -0.39 is 23.6 Å². The maximum atomic E-state index is 13.4. The third-order valence-corrected chi connectivity index (χ3v) is 4.22. The van der Waals surface area contributed by atoms with Gasteiger partial charge in [0.15, 0.2) is 6.61 Å². The molecule has 1 heterocycles. The number of hydrogen-bond acceptors (Lipinski definition) is 3. The Hall–Kier alpha value is -3.30. The average Bonchev–Trinajstić information content (AvgIpc) is 2.80. The molecule has 1 aliphatic heterocycles. The topological polar surface area (TPSA) is 70.7 Å². The molecule has 0 saturated carbocycles. The summed E-state index contributed by atoms with van der Waals surface area (Å²) in [6, 6.07) is 7.36. The molecule has 0 aliphatic carbocycles. The highest BCUT2D eigenvalue weighted by Gasteiger charge is 2.30. The van der Waals surface area contributed by atoms with E-state index in [2.05, 4.69) is 10.6 Å². The molecule has 0 atom stereocenters. The van der Waals surface area contributed by atoms with Crippen LogP contribution in [0.15, 0.2) is 42.5 Å². The van der Waals surface area contributed by atoms with E-state index in [1.54, 1.807) is 0 Å². The molecule has 0 unspecified atom stereocenters. The number of halogens is 4. The SMILES string of the molecule is O=C(NCCN1Cc2cc(F)ccc2OCC1=O)Nc1ccc(C(F)(F)F)cc1. The Kier molecular flexibility index (Phi) is 5.90. The Balaban J connectivity index is 1.51. The summed E-state index contributed by atoms with van der Waals surface area (Å²) in [6.45, 7) is 0.173. The zero-order valence-corrected chi connectivity index (χ0v) is 15.1. The molecule has 0 saturated heterocycles. The molecule has 0 fully saturated rings. The van der Waals surface area contributed by atoms with Crippen molar-refractivity contribution in [2.24, 2.45) is 0 Å². The van der Waals surface area contributed by atoms with Crippen molar-refractivity contribution in [3.8, 4) is 5.75 Å². The lowest BCUT2D eigenvalue weighted by Crippen LogP contribution is -2.40. The molecule has 6 nitrogen and oxygen atoms in total. The minimum Gasteiger partial charge on any atom is -0.483 e. The van der Waals surface area contributed by atoms with Gasteiger partial charge in [0.05, 0.1) is 5.56 Å². The van der Waals surface area contributed by atoms with Crippen LogP contribution in [0.3, 0.4) is 0 Å². The van der Waals surface area contributed by atoms with Gasteiger partial charge < -0.3 is 20.3 Å². The van der Waals surface area contributed by atoms with Crippen LogP contribution in [0.5, 0.6) is 5.75 Å². The van der Waals surface area contributed by atoms with Gasteiger partial charge in [-0.05, 0) is 42.5 Å². The van der Waals surface area contributed by atoms with Crippen LogP contribution in [0.1, 0.15) is 11.1 Å². The fourth-order valence-electron chi connectivity index (χ4n) is 2.76. The molecule has 0 bridgehead atoms. The Morgan fingerprint density at radius 1 is 1.14 bits per heavy atom. The Morgan fingerprint density at radius 2 is 1.86 bits per heavy atom. The van der Waals surface area contributed by atoms with Gasteiger partial charge >= 0.3 is 12.2 Å². The predicted molar refractivity (Wildman–Crippen MR) is 95.8 cm³/mol. The molecule has 3 amide bonds. The Labute approximate surface area is 163 Å². The second kappa shape index (κ2) is 8.38. The molecule has 0 spiro atoms. The average molecular weight is 411 g/mol. The minimum absolute atomic E-state index is 0.0862. The van der Waals surface area contributed by atoms with Crippen LogP contribution in [0.2, 0.25) is 0 Å². The second-order valence-corrected chi connectivity index (χ2v) is 6.31. The number of amides is 3. The van der Waals surface area contributed by atoms with Gasteiger partial charge in [0.2, 0.25) is 0 Å². The number of ether oxygens (including phenoxy) is 1. The molecule has 2 aromatic carbocycles. The van der Waals surface area contributed by atoms with Crippen LogP contribution in [0, 0.1) is 5.82 Å². The van der Waals surface area contributed by atoms with Crippen molar-refractivity contribution >= 4 is 17.6 Å². The van der Waals surface area contributed by atoms with E-state index >= 15 is 0 Å². The molecule has 29 heavy (non-hydrogen) atoms. The van der Waals surface area contributed by atoms with Crippen molar-refractivity contribution in [3.05, 3.63) is 59.4 Å². The van der Waals surface area contributed by atoms with E-state index in [1.807, 2.05) is 0 Å². The summed E-state index contributed by atoms with van der Waals surface area (Å²) in [5.41, 5.74) is -0.105. The molecular formula is C19H17F4N3O3. The molecule has 154 valence electrons. The van der Waals surface area contributed by atoms with Crippen LogP contribution in [-0.2, 0) is 17.5 Å². The van der Waals surface area contributed by atoms with Crippen molar-refractivity contribution in [2.75, 3.05) is 25.0 Å². The van der Waals surface area contributed by atoms with Crippen LogP contribution in [0.4, 0.5) is 28.0 Å². The molecular weight excluding hydrogens is 394 g/mol. The van der Waals surface area contributed by atoms with Crippen LogP contribution in [0.25, 0.3) is 0 Å². The van der Waals surface area contributed by atoms with Crippen molar-refractivity contribution in [1.29, 1.82) is 0 Å². The zero-order valence-electron chi connectivity index (χ0n) is 15.1. The van der Waals surface area contributed by atoms with Crippen molar-refractivity contribution < 1.29 is 31.9 Å². The van der Waals surface area contributed by atoms with Crippen LogP contribution in [-0.4, -0.2) is 36.5 Å². The number of nitrogens with zero attached hydrogens (tertiary/aromatic N) is 1. The number of alkyl halides is 3.